The number of rotatable bonds is 2. The maximum atomic E-state index is 11.0. The molecule has 2 aromatic rings. The summed E-state index contributed by atoms with van der Waals surface area (Å²) in [6.07, 6.45) is 0. The molecule has 0 spiro atoms. The minimum atomic E-state index is 0.141. The molecule has 0 unspecified atom stereocenters. The quantitative estimate of drug-likeness (QED) is 0.730. The third-order valence-electron chi connectivity index (χ3n) is 3.52. The fourth-order valence-electron chi connectivity index (χ4n) is 2.42. The van der Waals surface area contributed by atoms with Gasteiger partial charge in [0.25, 0.3) is 0 Å². The van der Waals surface area contributed by atoms with Gasteiger partial charge < -0.3 is 0 Å². The molecule has 2 nitrogen and oxygen atoms in total. The third kappa shape index (κ3) is 4.96. The Morgan fingerprint density at radius 3 is 1.18 bits per heavy atom. The molecule has 0 aliphatic carbocycles. The number of aryl methyl sites for hydroxylation is 4. The van der Waals surface area contributed by atoms with Crippen molar-refractivity contribution in [1.29, 1.82) is 0 Å². The first-order valence-corrected chi connectivity index (χ1v) is 7.38. The van der Waals surface area contributed by atoms with Crippen LogP contribution in [0, 0.1) is 27.7 Å². The lowest BCUT2D eigenvalue weighted by Gasteiger charge is -2.01. The van der Waals surface area contributed by atoms with E-state index >= 15 is 0 Å². The Bertz CT molecular complexity index is 635. The highest BCUT2D eigenvalue weighted by Crippen LogP contribution is 2.11. The molecule has 0 fully saturated rings. The number of Topliss-reactive ketones (excluding diaryl/α,β-unsaturated/α-hetero) is 2. The van der Waals surface area contributed by atoms with Gasteiger partial charge in [-0.2, -0.15) is 0 Å². The van der Waals surface area contributed by atoms with Crippen molar-refractivity contribution in [3.8, 4) is 0 Å². The summed E-state index contributed by atoms with van der Waals surface area (Å²) in [5.41, 5.74) is 6.20. The standard InChI is InChI=1S/2C10H12O/c2*1-7-4-5-10(9(3)11)8(2)6-7/h2*4-6H,1-3H3. The molecule has 2 aromatic carbocycles. The summed E-state index contributed by atoms with van der Waals surface area (Å²) in [7, 11) is 0. The number of hydrogen-bond acceptors (Lipinski definition) is 2. The Kier molecular flexibility index (Phi) is 6.24. The average Bonchev–Trinajstić information content (AvgIpc) is 2.38. The summed E-state index contributed by atoms with van der Waals surface area (Å²) in [4.78, 5) is 22.0. The molecule has 0 amide bonds. The fourth-order valence-corrected chi connectivity index (χ4v) is 2.42. The van der Waals surface area contributed by atoms with Crippen molar-refractivity contribution >= 4 is 11.6 Å². The van der Waals surface area contributed by atoms with Crippen LogP contribution in [0.5, 0.6) is 0 Å². The average molecular weight is 296 g/mol. The SMILES string of the molecule is CC(=O)c1ccc(C)cc1C.CC(=O)c1ccc(C)cc1C. The Morgan fingerprint density at radius 2 is 0.955 bits per heavy atom. The first kappa shape index (κ1) is 17.8. The molecule has 0 saturated heterocycles. The van der Waals surface area contributed by atoms with Gasteiger partial charge in [-0.15, -0.1) is 0 Å². The van der Waals surface area contributed by atoms with Crippen LogP contribution in [0.3, 0.4) is 0 Å². The van der Waals surface area contributed by atoms with Crippen molar-refractivity contribution in [2.45, 2.75) is 41.5 Å². The maximum absolute atomic E-state index is 11.0. The molecule has 0 aliphatic rings. The minimum Gasteiger partial charge on any atom is -0.295 e. The molecule has 2 rings (SSSR count). The predicted molar refractivity (Wildman–Crippen MR) is 91.8 cm³/mol. The van der Waals surface area contributed by atoms with Crippen molar-refractivity contribution in [2.75, 3.05) is 0 Å². The van der Waals surface area contributed by atoms with E-state index in [4.69, 9.17) is 0 Å². The summed E-state index contributed by atoms with van der Waals surface area (Å²) in [5, 5.41) is 0. The highest BCUT2D eigenvalue weighted by molar-refractivity contribution is 5.95. The van der Waals surface area contributed by atoms with E-state index in [0.717, 1.165) is 22.3 Å². The van der Waals surface area contributed by atoms with Crippen LogP contribution in [0.4, 0.5) is 0 Å². The van der Waals surface area contributed by atoms with E-state index in [1.54, 1.807) is 13.8 Å². The van der Waals surface area contributed by atoms with Gasteiger partial charge >= 0.3 is 0 Å². The molecular formula is C20H24O2. The summed E-state index contributed by atoms with van der Waals surface area (Å²) in [6.45, 7) is 11.2. The molecule has 0 radical (unpaired) electrons. The maximum Gasteiger partial charge on any atom is 0.160 e. The zero-order chi connectivity index (χ0) is 16.9. The smallest absolute Gasteiger partial charge is 0.160 e. The zero-order valence-corrected chi connectivity index (χ0v) is 14.3. The van der Waals surface area contributed by atoms with Crippen molar-refractivity contribution in [2.24, 2.45) is 0 Å². The minimum absolute atomic E-state index is 0.141. The number of carbonyl (C=O) groups excluding carboxylic acids is 2. The molecular weight excluding hydrogens is 272 g/mol. The lowest BCUT2D eigenvalue weighted by Crippen LogP contribution is -1.95. The van der Waals surface area contributed by atoms with Crippen molar-refractivity contribution in [3.05, 3.63) is 69.8 Å². The van der Waals surface area contributed by atoms with E-state index in [-0.39, 0.29) is 11.6 Å². The van der Waals surface area contributed by atoms with E-state index in [0.29, 0.717) is 0 Å². The van der Waals surface area contributed by atoms with Crippen LogP contribution in [0.1, 0.15) is 56.8 Å². The van der Waals surface area contributed by atoms with Crippen molar-refractivity contribution < 1.29 is 9.59 Å². The van der Waals surface area contributed by atoms with Crippen LogP contribution in [0.2, 0.25) is 0 Å². The van der Waals surface area contributed by atoms with Crippen molar-refractivity contribution in [3.63, 3.8) is 0 Å². The molecule has 0 saturated carbocycles. The van der Waals surface area contributed by atoms with Crippen LogP contribution >= 0.6 is 0 Å². The van der Waals surface area contributed by atoms with E-state index in [9.17, 15) is 9.59 Å². The van der Waals surface area contributed by atoms with Gasteiger partial charge in [-0.1, -0.05) is 47.5 Å². The topological polar surface area (TPSA) is 34.1 Å². The molecule has 0 heterocycles. The number of ketones is 2. The fraction of sp³-hybridized carbons (Fsp3) is 0.300. The summed E-state index contributed by atoms with van der Waals surface area (Å²) < 4.78 is 0. The summed E-state index contributed by atoms with van der Waals surface area (Å²) in [5.74, 6) is 0.282. The third-order valence-corrected chi connectivity index (χ3v) is 3.52. The second kappa shape index (κ2) is 7.69. The van der Waals surface area contributed by atoms with Gasteiger partial charge in [-0.25, -0.2) is 0 Å². The monoisotopic (exact) mass is 296 g/mol. The Balaban J connectivity index is 0.000000220. The molecule has 0 N–H and O–H groups in total. The van der Waals surface area contributed by atoms with Crippen LogP contribution in [0.25, 0.3) is 0 Å². The summed E-state index contributed by atoms with van der Waals surface area (Å²) >= 11 is 0. The van der Waals surface area contributed by atoms with Crippen LogP contribution in [-0.4, -0.2) is 11.6 Å². The van der Waals surface area contributed by atoms with E-state index in [2.05, 4.69) is 0 Å². The van der Waals surface area contributed by atoms with Crippen LogP contribution in [-0.2, 0) is 0 Å². The van der Waals surface area contributed by atoms with E-state index < -0.39 is 0 Å². The van der Waals surface area contributed by atoms with E-state index in [1.165, 1.54) is 11.1 Å². The first-order valence-electron chi connectivity index (χ1n) is 7.38. The second-order valence-electron chi connectivity index (χ2n) is 5.75. The predicted octanol–water partition coefficient (Wildman–Crippen LogP) is 5.01. The normalized spacial score (nSPS) is 9.73. The van der Waals surface area contributed by atoms with Crippen LogP contribution < -0.4 is 0 Å². The van der Waals surface area contributed by atoms with Gasteiger partial charge in [0.05, 0.1) is 0 Å². The molecule has 0 aliphatic heterocycles. The lowest BCUT2D eigenvalue weighted by molar-refractivity contribution is 0.100. The van der Waals surface area contributed by atoms with Gasteiger partial charge in [0.15, 0.2) is 11.6 Å². The highest BCUT2D eigenvalue weighted by Gasteiger charge is 2.02. The van der Waals surface area contributed by atoms with Gasteiger partial charge in [0, 0.05) is 11.1 Å². The number of hydrogen-bond donors (Lipinski definition) is 0. The second-order valence-corrected chi connectivity index (χ2v) is 5.75. The van der Waals surface area contributed by atoms with Crippen LogP contribution in [0.15, 0.2) is 36.4 Å². The van der Waals surface area contributed by atoms with Gasteiger partial charge in [-0.05, 0) is 52.7 Å². The molecule has 0 bridgehead atoms. The van der Waals surface area contributed by atoms with Gasteiger partial charge in [0.1, 0.15) is 0 Å². The molecule has 2 heteroatoms. The molecule has 22 heavy (non-hydrogen) atoms. The zero-order valence-electron chi connectivity index (χ0n) is 14.3. The number of benzene rings is 2. The molecule has 116 valence electrons. The largest absolute Gasteiger partial charge is 0.295 e. The van der Waals surface area contributed by atoms with Gasteiger partial charge in [-0.3, -0.25) is 9.59 Å². The van der Waals surface area contributed by atoms with E-state index in [1.807, 2.05) is 64.1 Å². The highest BCUT2D eigenvalue weighted by atomic mass is 16.1. The first-order chi connectivity index (χ1) is 10.2. The van der Waals surface area contributed by atoms with Crippen molar-refractivity contribution in [1.82, 2.24) is 0 Å². The summed E-state index contributed by atoms with van der Waals surface area (Å²) in [6, 6.07) is 11.7. The lowest BCUT2D eigenvalue weighted by atomic mass is 10.0. The molecule has 0 atom stereocenters. The van der Waals surface area contributed by atoms with Gasteiger partial charge in [0.2, 0.25) is 0 Å². The Hall–Kier alpha value is -2.22. The Morgan fingerprint density at radius 1 is 0.636 bits per heavy atom. The molecule has 0 aromatic heterocycles. The number of carbonyl (C=O) groups is 2. The Labute approximate surface area is 133 Å².